The highest BCUT2D eigenvalue weighted by molar-refractivity contribution is 6.32. The quantitative estimate of drug-likeness (QED) is 0.818. The van der Waals surface area contributed by atoms with Crippen molar-refractivity contribution in [3.05, 3.63) is 52.3 Å². The number of nitrogens with zero attached hydrogens (tertiary/aromatic N) is 3. The second-order valence-corrected chi connectivity index (χ2v) is 7.39. The lowest BCUT2D eigenvalue weighted by atomic mass is 10.1. The van der Waals surface area contributed by atoms with Crippen LogP contribution < -0.4 is 0 Å². The lowest BCUT2D eigenvalue weighted by Gasteiger charge is -2.28. The van der Waals surface area contributed by atoms with Gasteiger partial charge < -0.3 is 20.0 Å². The van der Waals surface area contributed by atoms with Crippen LogP contribution in [0.3, 0.4) is 0 Å². The van der Waals surface area contributed by atoms with E-state index in [0.29, 0.717) is 25.9 Å². The molecule has 8 heteroatoms. The summed E-state index contributed by atoms with van der Waals surface area (Å²) >= 11 is 5.87. The molecule has 3 rings (SSSR count). The average molecular weight is 404 g/mol. The fourth-order valence-electron chi connectivity index (χ4n) is 3.34. The highest BCUT2D eigenvalue weighted by Gasteiger charge is 2.37. The summed E-state index contributed by atoms with van der Waals surface area (Å²) in [5.74, 6) is -1.34. The molecule has 0 radical (unpaired) electrons. The molecule has 1 aliphatic rings. The number of carbonyl (C=O) groups excluding carboxylic acids is 2. The second kappa shape index (κ2) is 8.06. The molecular weight excluding hydrogens is 382 g/mol. The highest BCUT2D eigenvalue weighted by atomic mass is 35.5. The molecule has 1 aromatic heterocycles. The topological polar surface area (TPSA) is 94.0 Å². The van der Waals surface area contributed by atoms with Crippen molar-refractivity contribution in [1.29, 1.82) is 0 Å². The largest absolute Gasteiger partial charge is 0.507 e. The van der Waals surface area contributed by atoms with Crippen molar-refractivity contribution in [2.45, 2.75) is 32.4 Å². The van der Waals surface area contributed by atoms with Crippen molar-refractivity contribution in [2.75, 3.05) is 13.6 Å². The molecule has 1 atom stereocenters. The predicted octanol–water partition coefficient (Wildman–Crippen LogP) is 2.72. The molecule has 1 saturated heterocycles. The lowest BCUT2D eigenvalue weighted by Crippen LogP contribution is -2.46. The number of carbonyl (C=O) groups is 2. The number of halogens is 1. The van der Waals surface area contributed by atoms with Crippen molar-refractivity contribution >= 4 is 23.4 Å². The van der Waals surface area contributed by atoms with Gasteiger partial charge in [-0.2, -0.15) is 0 Å². The van der Waals surface area contributed by atoms with Crippen LogP contribution in [0, 0.1) is 6.92 Å². The number of phenolic OH excluding ortho intramolecular Hbond substituents is 2. The minimum absolute atomic E-state index is 0.0344. The van der Waals surface area contributed by atoms with Crippen LogP contribution in [0.4, 0.5) is 0 Å². The van der Waals surface area contributed by atoms with E-state index in [4.69, 9.17) is 11.6 Å². The Kier molecular flexibility index (Phi) is 5.74. The van der Waals surface area contributed by atoms with Gasteiger partial charge >= 0.3 is 0 Å². The van der Waals surface area contributed by atoms with Gasteiger partial charge in [0.2, 0.25) is 5.91 Å². The number of hydrogen-bond donors (Lipinski definition) is 2. The second-order valence-electron chi connectivity index (χ2n) is 6.98. The summed E-state index contributed by atoms with van der Waals surface area (Å²) in [5, 5.41) is 19.6. The van der Waals surface area contributed by atoms with Crippen LogP contribution in [0.1, 0.15) is 34.5 Å². The summed E-state index contributed by atoms with van der Waals surface area (Å²) in [4.78, 5) is 33.1. The standard InChI is InChI=1S/C20H22ClN3O4/c1-12-5-6-13(10-22-12)11-23(2)20(28)16-4-3-7-24(16)19(27)14-8-15(21)18(26)9-17(14)25/h5-6,8-10,16,25-26H,3-4,7,11H2,1-2H3/t16-/m1/s1. The number of benzene rings is 1. The van der Waals surface area contributed by atoms with Gasteiger partial charge in [0.15, 0.2) is 0 Å². The minimum atomic E-state index is -0.608. The molecule has 0 saturated carbocycles. The molecule has 2 N–H and O–H groups in total. The number of aromatic hydroxyl groups is 2. The molecule has 148 valence electrons. The van der Waals surface area contributed by atoms with Gasteiger partial charge in [-0.15, -0.1) is 0 Å². The Labute approximate surface area is 168 Å². The molecule has 0 bridgehead atoms. The van der Waals surface area contributed by atoms with E-state index < -0.39 is 11.9 Å². The third-order valence-electron chi connectivity index (χ3n) is 4.86. The normalized spacial score (nSPS) is 16.2. The molecule has 1 aliphatic heterocycles. The maximum atomic E-state index is 13.0. The van der Waals surface area contributed by atoms with Crippen LogP contribution >= 0.6 is 11.6 Å². The van der Waals surface area contributed by atoms with Gasteiger partial charge in [0.25, 0.3) is 5.91 Å². The van der Waals surface area contributed by atoms with E-state index in [1.807, 2.05) is 19.1 Å². The predicted molar refractivity (Wildman–Crippen MR) is 104 cm³/mol. The van der Waals surface area contributed by atoms with Crippen LogP contribution in [-0.2, 0) is 11.3 Å². The molecule has 1 aromatic carbocycles. The molecule has 2 heterocycles. The monoisotopic (exact) mass is 403 g/mol. The minimum Gasteiger partial charge on any atom is -0.507 e. The third-order valence-corrected chi connectivity index (χ3v) is 5.17. The molecular formula is C20H22ClN3O4. The van der Waals surface area contributed by atoms with E-state index in [-0.39, 0.29) is 28.0 Å². The number of aryl methyl sites for hydroxylation is 1. The van der Waals surface area contributed by atoms with E-state index >= 15 is 0 Å². The summed E-state index contributed by atoms with van der Waals surface area (Å²) in [6.45, 7) is 2.69. The molecule has 2 amide bonds. The SMILES string of the molecule is Cc1ccc(CN(C)C(=O)[C@H]2CCCN2C(=O)c2cc(Cl)c(O)cc2O)cn1. The Morgan fingerprint density at radius 3 is 2.71 bits per heavy atom. The number of aromatic nitrogens is 1. The van der Waals surface area contributed by atoms with Crippen molar-refractivity contribution < 1.29 is 19.8 Å². The molecule has 2 aromatic rings. The molecule has 28 heavy (non-hydrogen) atoms. The summed E-state index contributed by atoms with van der Waals surface area (Å²) in [6.07, 6.45) is 2.97. The number of hydrogen-bond acceptors (Lipinski definition) is 5. The Morgan fingerprint density at radius 1 is 1.29 bits per heavy atom. The molecule has 7 nitrogen and oxygen atoms in total. The summed E-state index contributed by atoms with van der Waals surface area (Å²) in [6, 6.07) is 5.44. The summed E-state index contributed by atoms with van der Waals surface area (Å²) in [5.41, 5.74) is 1.77. The van der Waals surface area contributed by atoms with Gasteiger partial charge in [0.1, 0.15) is 17.5 Å². The maximum absolute atomic E-state index is 13.0. The molecule has 0 unspecified atom stereocenters. The number of amides is 2. The highest BCUT2D eigenvalue weighted by Crippen LogP contribution is 2.33. The fraction of sp³-hybridized carbons (Fsp3) is 0.350. The first-order valence-corrected chi connectivity index (χ1v) is 9.34. The van der Waals surface area contributed by atoms with Crippen molar-refractivity contribution in [3.63, 3.8) is 0 Å². The van der Waals surface area contributed by atoms with E-state index in [9.17, 15) is 19.8 Å². The fourth-order valence-corrected chi connectivity index (χ4v) is 3.51. The molecule has 1 fully saturated rings. The van der Waals surface area contributed by atoms with Crippen LogP contribution in [-0.4, -0.2) is 56.4 Å². The van der Waals surface area contributed by atoms with E-state index in [1.54, 1.807) is 18.1 Å². The average Bonchev–Trinajstić information content (AvgIpc) is 3.15. The first-order chi connectivity index (χ1) is 13.3. The first-order valence-electron chi connectivity index (χ1n) is 8.97. The summed E-state index contributed by atoms with van der Waals surface area (Å²) in [7, 11) is 1.69. The summed E-state index contributed by atoms with van der Waals surface area (Å²) < 4.78 is 0. The smallest absolute Gasteiger partial charge is 0.258 e. The number of phenols is 2. The Bertz CT molecular complexity index is 901. The van der Waals surface area contributed by atoms with Crippen molar-refractivity contribution in [2.24, 2.45) is 0 Å². The van der Waals surface area contributed by atoms with E-state index in [1.165, 1.54) is 11.0 Å². The maximum Gasteiger partial charge on any atom is 0.258 e. The molecule has 0 aliphatic carbocycles. The van der Waals surface area contributed by atoms with Crippen LogP contribution in [0.2, 0.25) is 5.02 Å². The Morgan fingerprint density at radius 2 is 2.04 bits per heavy atom. The van der Waals surface area contributed by atoms with Gasteiger partial charge in [-0.25, -0.2) is 0 Å². The number of likely N-dealkylation sites (N-methyl/N-ethyl adjacent to an activating group) is 1. The van der Waals surface area contributed by atoms with E-state index in [0.717, 1.165) is 17.3 Å². The number of rotatable bonds is 4. The number of pyridine rings is 1. The van der Waals surface area contributed by atoms with Gasteiger partial charge in [0.05, 0.1) is 10.6 Å². The van der Waals surface area contributed by atoms with Crippen LogP contribution in [0.5, 0.6) is 11.5 Å². The Balaban J connectivity index is 1.76. The zero-order chi connectivity index (χ0) is 20.4. The zero-order valence-electron chi connectivity index (χ0n) is 15.7. The zero-order valence-corrected chi connectivity index (χ0v) is 16.5. The van der Waals surface area contributed by atoms with Gasteiger partial charge in [-0.1, -0.05) is 17.7 Å². The Hall–Kier alpha value is -2.80. The molecule has 0 spiro atoms. The lowest BCUT2D eigenvalue weighted by molar-refractivity contribution is -0.134. The van der Waals surface area contributed by atoms with Gasteiger partial charge in [-0.05, 0) is 37.5 Å². The van der Waals surface area contributed by atoms with Crippen molar-refractivity contribution in [1.82, 2.24) is 14.8 Å². The number of likely N-dealkylation sites (tertiary alicyclic amines) is 1. The van der Waals surface area contributed by atoms with Crippen molar-refractivity contribution in [3.8, 4) is 11.5 Å². The van der Waals surface area contributed by atoms with Gasteiger partial charge in [-0.3, -0.25) is 14.6 Å². The van der Waals surface area contributed by atoms with E-state index in [2.05, 4.69) is 4.98 Å². The van der Waals surface area contributed by atoms with Gasteiger partial charge in [0, 0.05) is 38.1 Å². The van der Waals surface area contributed by atoms with Crippen LogP contribution in [0.15, 0.2) is 30.5 Å². The van der Waals surface area contributed by atoms with Crippen LogP contribution in [0.25, 0.3) is 0 Å². The first kappa shape index (κ1) is 19.9. The third kappa shape index (κ3) is 4.04.